The van der Waals surface area contributed by atoms with Crippen molar-refractivity contribution in [2.75, 3.05) is 17.7 Å². The molecular formula is C15H14FN3O4. The number of anilines is 2. The number of nitro groups is 1. The largest absolute Gasteiger partial charge is 0.453 e. The molecule has 0 saturated heterocycles. The average molecular weight is 319 g/mol. The third kappa shape index (κ3) is 4.40. The Hall–Kier alpha value is -3.16. The molecule has 0 atom stereocenters. The summed E-state index contributed by atoms with van der Waals surface area (Å²) in [7, 11) is 1.27. The lowest BCUT2D eigenvalue weighted by molar-refractivity contribution is -0.384. The lowest BCUT2D eigenvalue weighted by Gasteiger charge is -2.08. The van der Waals surface area contributed by atoms with E-state index in [0.717, 1.165) is 17.7 Å². The first kappa shape index (κ1) is 16.2. The van der Waals surface area contributed by atoms with Crippen LogP contribution < -0.4 is 10.6 Å². The zero-order valence-electron chi connectivity index (χ0n) is 12.2. The molecule has 0 fully saturated rings. The number of nitro benzene ring substituents is 1. The Morgan fingerprint density at radius 3 is 2.57 bits per heavy atom. The lowest BCUT2D eigenvalue weighted by atomic mass is 10.2. The number of benzene rings is 2. The second kappa shape index (κ2) is 7.21. The first-order chi connectivity index (χ1) is 11.0. The van der Waals surface area contributed by atoms with Crippen molar-refractivity contribution in [2.24, 2.45) is 0 Å². The van der Waals surface area contributed by atoms with Crippen molar-refractivity contribution in [1.29, 1.82) is 0 Å². The molecule has 23 heavy (non-hydrogen) atoms. The maximum Gasteiger partial charge on any atom is 0.411 e. The molecule has 0 heterocycles. The number of halogens is 1. The standard InChI is InChI=1S/C15H14FN3O4/c1-23-15(20)18-12-5-2-10(3-6-12)9-17-13-7-4-11(16)8-14(13)19(21)22/h2-8,17H,9H2,1H3,(H,18,20). The van der Waals surface area contributed by atoms with Crippen molar-refractivity contribution in [2.45, 2.75) is 6.54 Å². The Bertz CT molecular complexity index is 719. The van der Waals surface area contributed by atoms with Crippen LogP contribution >= 0.6 is 0 Å². The number of carbonyl (C=O) groups excluding carboxylic acids is 1. The zero-order chi connectivity index (χ0) is 16.8. The maximum absolute atomic E-state index is 13.1. The third-order valence-electron chi connectivity index (χ3n) is 3.03. The van der Waals surface area contributed by atoms with Crippen molar-refractivity contribution < 1.29 is 18.8 Å². The van der Waals surface area contributed by atoms with E-state index in [1.54, 1.807) is 24.3 Å². The second-order valence-electron chi connectivity index (χ2n) is 4.59. The third-order valence-corrected chi connectivity index (χ3v) is 3.03. The van der Waals surface area contributed by atoms with Crippen molar-refractivity contribution >= 4 is 23.2 Å². The summed E-state index contributed by atoms with van der Waals surface area (Å²) in [6.07, 6.45) is -0.571. The lowest BCUT2D eigenvalue weighted by Crippen LogP contribution is -2.10. The van der Waals surface area contributed by atoms with E-state index in [-0.39, 0.29) is 11.4 Å². The predicted octanol–water partition coefficient (Wildman–Crippen LogP) is 3.52. The number of nitrogens with zero attached hydrogens (tertiary/aromatic N) is 1. The molecule has 0 saturated carbocycles. The van der Waals surface area contributed by atoms with Crippen LogP contribution in [0.3, 0.4) is 0 Å². The molecule has 2 N–H and O–H groups in total. The first-order valence-corrected chi connectivity index (χ1v) is 6.61. The number of nitrogens with one attached hydrogen (secondary N) is 2. The molecule has 2 aromatic rings. The van der Waals surface area contributed by atoms with Crippen LogP contribution in [-0.4, -0.2) is 18.1 Å². The molecule has 0 aliphatic carbocycles. The minimum absolute atomic E-state index is 0.230. The minimum Gasteiger partial charge on any atom is -0.453 e. The number of carbonyl (C=O) groups is 1. The Balaban J connectivity index is 2.04. The molecule has 0 radical (unpaired) electrons. The predicted molar refractivity (Wildman–Crippen MR) is 82.9 cm³/mol. The van der Waals surface area contributed by atoms with Crippen LogP contribution in [0.4, 0.5) is 26.2 Å². The topological polar surface area (TPSA) is 93.5 Å². The quantitative estimate of drug-likeness (QED) is 0.649. The zero-order valence-corrected chi connectivity index (χ0v) is 12.2. The van der Waals surface area contributed by atoms with E-state index >= 15 is 0 Å². The maximum atomic E-state index is 13.1. The molecule has 0 unspecified atom stereocenters. The van der Waals surface area contributed by atoms with Crippen LogP contribution in [0.5, 0.6) is 0 Å². The van der Waals surface area contributed by atoms with Gasteiger partial charge in [0.15, 0.2) is 0 Å². The van der Waals surface area contributed by atoms with Gasteiger partial charge in [-0.05, 0) is 29.8 Å². The molecule has 0 aliphatic rings. The van der Waals surface area contributed by atoms with E-state index in [0.29, 0.717) is 12.2 Å². The number of ether oxygens (including phenoxy) is 1. The Morgan fingerprint density at radius 1 is 1.26 bits per heavy atom. The van der Waals surface area contributed by atoms with Gasteiger partial charge in [0.25, 0.3) is 5.69 Å². The number of amides is 1. The van der Waals surface area contributed by atoms with Crippen LogP contribution in [0, 0.1) is 15.9 Å². The molecule has 0 bridgehead atoms. The van der Waals surface area contributed by atoms with E-state index in [9.17, 15) is 19.3 Å². The number of hydrogen-bond acceptors (Lipinski definition) is 5. The van der Waals surface area contributed by atoms with Gasteiger partial charge >= 0.3 is 6.09 Å². The van der Waals surface area contributed by atoms with Crippen LogP contribution in [0.25, 0.3) is 0 Å². The Kier molecular flexibility index (Phi) is 5.08. The Morgan fingerprint density at radius 2 is 1.96 bits per heavy atom. The average Bonchev–Trinajstić information content (AvgIpc) is 2.54. The summed E-state index contributed by atoms with van der Waals surface area (Å²) in [4.78, 5) is 21.3. The van der Waals surface area contributed by atoms with Gasteiger partial charge in [0.2, 0.25) is 0 Å². The summed E-state index contributed by atoms with van der Waals surface area (Å²) in [5.41, 5.74) is 1.30. The van der Waals surface area contributed by atoms with Crippen LogP contribution in [0.2, 0.25) is 0 Å². The van der Waals surface area contributed by atoms with Crippen molar-refractivity contribution in [3.8, 4) is 0 Å². The molecular weight excluding hydrogens is 305 g/mol. The highest BCUT2D eigenvalue weighted by atomic mass is 19.1. The smallest absolute Gasteiger partial charge is 0.411 e. The second-order valence-corrected chi connectivity index (χ2v) is 4.59. The molecule has 120 valence electrons. The summed E-state index contributed by atoms with van der Waals surface area (Å²) in [6.45, 7) is 0.310. The highest BCUT2D eigenvalue weighted by molar-refractivity contribution is 5.84. The normalized spacial score (nSPS) is 10.0. The van der Waals surface area contributed by atoms with Gasteiger partial charge in [0, 0.05) is 12.2 Å². The monoisotopic (exact) mass is 319 g/mol. The van der Waals surface area contributed by atoms with Crippen LogP contribution in [0.15, 0.2) is 42.5 Å². The van der Waals surface area contributed by atoms with E-state index in [1.165, 1.54) is 13.2 Å². The molecule has 0 spiro atoms. The van der Waals surface area contributed by atoms with Gasteiger partial charge in [-0.15, -0.1) is 0 Å². The molecule has 0 aromatic heterocycles. The number of hydrogen-bond donors (Lipinski definition) is 2. The van der Waals surface area contributed by atoms with E-state index in [1.807, 2.05) is 0 Å². The van der Waals surface area contributed by atoms with Crippen LogP contribution in [-0.2, 0) is 11.3 Å². The van der Waals surface area contributed by atoms with Crippen molar-refractivity contribution in [3.05, 3.63) is 64.0 Å². The molecule has 7 nitrogen and oxygen atoms in total. The van der Waals surface area contributed by atoms with Crippen molar-refractivity contribution in [3.63, 3.8) is 0 Å². The van der Waals surface area contributed by atoms with Gasteiger partial charge in [-0.25, -0.2) is 9.18 Å². The summed E-state index contributed by atoms with van der Waals surface area (Å²) in [5.74, 6) is -0.666. The molecule has 1 amide bonds. The molecule has 0 aliphatic heterocycles. The summed E-state index contributed by atoms with van der Waals surface area (Å²) in [6, 6.07) is 10.2. The number of rotatable bonds is 5. The fourth-order valence-electron chi connectivity index (χ4n) is 1.88. The highest BCUT2D eigenvalue weighted by Crippen LogP contribution is 2.25. The summed E-state index contributed by atoms with van der Waals surface area (Å²) < 4.78 is 17.5. The van der Waals surface area contributed by atoms with E-state index < -0.39 is 16.8 Å². The van der Waals surface area contributed by atoms with Crippen LogP contribution in [0.1, 0.15) is 5.56 Å². The van der Waals surface area contributed by atoms with E-state index in [2.05, 4.69) is 15.4 Å². The van der Waals surface area contributed by atoms with Gasteiger partial charge < -0.3 is 10.1 Å². The highest BCUT2D eigenvalue weighted by Gasteiger charge is 2.14. The summed E-state index contributed by atoms with van der Waals surface area (Å²) in [5, 5.41) is 16.3. The van der Waals surface area contributed by atoms with Gasteiger partial charge in [0.05, 0.1) is 18.1 Å². The first-order valence-electron chi connectivity index (χ1n) is 6.61. The molecule has 8 heteroatoms. The fraction of sp³-hybridized carbons (Fsp3) is 0.133. The van der Waals surface area contributed by atoms with Gasteiger partial charge in [0.1, 0.15) is 11.5 Å². The summed E-state index contributed by atoms with van der Waals surface area (Å²) >= 11 is 0. The van der Waals surface area contributed by atoms with Gasteiger partial charge in [-0.3, -0.25) is 15.4 Å². The molecule has 2 aromatic carbocycles. The minimum atomic E-state index is -0.666. The van der Waals surface area contributed by atoms with E-state index in [4.69, 9.17) is 0 Å². The number of methoxy groups -OCH3 is 1. The van der Waals surface area contributed by atoms with Gasteiger partial charge in [-0.1, -0.05) is 12.1 Å². The van der Waals surface area contributed by atoms with Crippen molar-refractivity contribution in [1.82, 2.24) is 0 Å². The Labute approximate surface area is 131 Å². The van der Waals surface area contributed by atoms with Gasteiger partial charge in [-0.2, -0.15) is 0 Å². The fourth-order valence-corrected chi connectivity index (χ4v) is 1.88. The molecule has 2 rings (SSSR count). The SMILES string of the molecule is COC(=O)Nc1ccc(CNc2ccc(F)cc2[N+](=O)[O-])cc1.